The number of thioether (sulfide) groups is 1. The van der Waals surface area contributed by atoms with Gasteiger partial charge in [-0.15, -0.1) is 11.8 Å². The molecule has 0 unspecified atom stereocenters. The second-order valence-electron chi connectivity index (χ2n) is 6.91. The van der Waals surface area contributed by atoms with Crippen LogP contribution in [0.25, 0.3) is 11.2 Å². The Bertz CT molecular complexity index is 1030. The number of fused-ring (bicyclic) bond motifs is 1. The van der Waals surface area contributed by atoms with Crippen LogP contribution in [0.4, 0.5) is 11.5 Å². The van der Waals surface area contributed by atoms with Crippen LogP contribution < -0.4 is 11.5 Å². The Labute approximate surface area is 165 Å². The van der Waals surface area contributed by atoms with Crippen LogP contribution in [-0.4, -0.2) is 53.8 Å². The van der Waals surface area contributed by atoms with Crippen molar-refractivity contribution in [1.82, 2.24) is 19.5 Å². The molecule has 0 amide bonds. The predicted molar refractivity (Wildman–Crippen MR) is 107 cm³/mol. The average molecular weight is 402 g/mol. The monoisotopic (exact) mass is 402 g/mol. The van der Waals surface area contributed by atoms with Gasteiger partial charge in [-0.05, 0) is 37.1 Å². The van der Waals surface area contributed by atoms with E-state index in [0.717, 1.165) is 16.0 Å². The highest BCUT2D eigenvalue weighted by Gasteiger charge is 2.44. The number of aromatic nitrogens is 4. The third-order valence-electron chi connectivity index (χ3n) is 5.03. The Morgan fingerprint density at radius 1 is 1.11 bits per heavy atom. The average Bonchev–Trinajstić information content (AvgIpc) is 3.20. The fourth-order valence-electron chi connectivity index (χ4n) is 3.26. The van der Waals surface area contributed by atoms with E-state index >= 15 is 0 Å². The highest BCUT2D eigenvalue weighted by Crippen LogP contribution is 2.36. The number of anilines is 2. The third kappa shape index (κ3) is 3.18. The summed E-state index contributed by atoms with van der Waals surface area (Å²) in [6.07, 6.45) is -0.783. The predicted octanol–water partition coefficient (Wildman–Crippen LogP) is 1.02. The van der Waals surface area contributed by atoms with Crippen molar-refractivity contribution in [2.75, 3.05) is 17.2 Å². The van der Waals surface area contributed by atoms with Crippen LogP contribution in [0, 0.1) is 13.8 Å². The van der Waals surface area contributed by atoms with Crippen molar-refractivity contribution in [1.29, 1.82) is 0 Å². The molecule has 1 aliphatic rings. The number of nitrogens with zero attached hydrogens (tertiary/aromatic N) is 4. The van der Waals surface area contributed by atoms with Gasteiger partial charge in [-0.1, -0.05) is 0 Å². The van der Waals surface area contributed by atoms with Crippen molar-refractivity contribution >= 4 is 34.4 Å². The molecule has 4 atom stereocenters. The number of ether oxygens (including phenoxy) is 1. The molecule has 10 heteroatoms. The number of hydrogen-bond acceptors (Lipinski definition) is 9. The molecule has 9 nitrogen and oxygen atoms in total. The minimum Gasteiger partial charge on any atom is -0.398 e. The number of nitrogens with two attached hydrogens (primary N) is 2. The Kier molecular flexibility index (Phi) is 4.88. The van der Waals surface area contributed by atoms with Crippen molar-refractivity contribution in [3.63, 3.8) is 0 Å². The molecule has 1 fully saturated rings. The number of hydrogen-bond donors (Lipinski definition) is 4. The van der Waals surface area contributed by atoms with Gasteiger partial charge in [0.25, 0.3) is 0 Å². The maximum Gasteiger partial charge on any atom is 0.167 e. The maximum absolute atomic E-state index is 10.5. The lowest BCUT2D eigenvalue weighted by Gasteiger charge is -2.16. The standard InChI is InChI=1S/C18H22N6O3S/c1-8-3-10(19)12(4-9(8)2)28-5-11-14(25)15(26)18(27-11)24-7-23-13-16(20)21-6-22-17(13)24/h3-4,6-7,11,14-15,18,25-26H,5,19H2,1-2H3,(H2,20,21,22)/t11-,14-,15-,18-/m1/s1. The van der Waals surface area contributed by atoms with Gasteiger partial charge in [0.2, 0.25) is 0 Å². The molecule has 2 aromatic heterocycles. The van der Waals surface area contributed by atoms with Crippen LogP contribution in [0.3, 0.4) is 0 Å². The second kappa shape index (κ2) is 7.21. The van der Waals surface area contributed by atoms with E-state index < -0.39 is 24.5 Å². The van der Waals surface area contributed by atoms with Gasteiger partial charge in [0.05, 0.1) is 12.4 Å². The molecule has 1 aliphatic heterocycles. The van der Waals surface area contributed by atoms with Crippen LogP contribution in [0.2, 0.25) is 0 Å². The summed E-state index contributed by atoms with van der Waals surface area (Å²) >= 11 is 1.49. The number of nitrogen functional groups attached to an aromatic ring is 2. The third-order valence-corrected chi connectivity index (χ3v) is 6.19. The number of rotatable bonds is 4. The number of aliphatic hydroxyl groups is 2. The van der Waals surface area contributed by atoms with Crippen molar-refractivity contribution < 1.29 is 14.9 Å². The highest BCUT2D eigenvalue weighted by atomic mass is 32.2. The molecular weight excluding hydrogens is 380 g/mol. The van der Waals surface area contributed by atoms with Gasteiger partial charge in [0, 0.05) is 16.3 Å². The molecule has 1 saturated heterocycles. The van der Waals surface area contributed by atoms with Crippen LogP contribution in [0.1, 0.15) is 17.4 Å². The molecule has 0 radical (unpaired) electrons. The summed E-state index contributed by atoms with van der Waals surface area (Å²) in [4.78, 5) is 13.2. The van der Waals surface area contributed by atoms with Crippen LogP contribution in [0.5, 0.6) is 0 Å². The van der Waals surface area contributed by atoms with Gasteiger partial charge in [-0.2, -0.15) is 0 Å². The van der Waals surface area contributed by atoms with E-state index in [1.807, 2.05) is 26.0 Å². The van der Waals surface area contributed by atoms with Crippen molar-refractivity contribution in [3.8, 4) is 0 Å². The first-order valence-electron chi connectivity index (χ1n) is 8.81. The van der Waals surface area contributed by atoms with Gasteiger partial charge in [0.1, 0.15) is 24.1 Å². The number of imidazole rings is 1. The molecule has 0 bridgehead atoms. The van der Waals surface area contributed by atoms with E-state index in [4.69, 9.17) is 16.2 Å². The fraction of sp³-hybridized carbons (Fsp3) is 0.389. The molecule has 4 rings (SSSR count). The van der Waals surface area contributed by atoms with Gasteiger partial charge >= 0.3 is 0 Å². The van der Waals surface area contributed by atoms with Crippen LogP contribution >= 0.6 is 11.8 Å². The fourth-order valence-corrected chi connectivity index (χ4v) is 4.37. The van der Waals surface area contributed by atoms with Gasteiger partial charge in [-0.3, -0.25) is 4.57 Å². The summed E-state index contributed by atoms with van der Waals surface area (Å²) in [6, 6.07) is 3.95. The van der Waals surface area contributed by atoms with Gasteiger partial charge in [0.15, 0.2) is 17.7 Å². The summed E-state index contributed by atoms with van der Waals surface area (Å²) in [5.41, 5.74) is 15.7. The summed E-state index contributed by atoms with van der Waals surface area (Å²) < 4.78 is 7.52. The quantitative estimate of drug-likeness (QED) is 0.371. The zero-order valence-corrected chi connectivity index (χ0v) is 16.3. The zero-order valence-electron chi connectivity index (χ0n) is 15.5. The summed E-state index contributed by atoms with van der Waals surface area (Å²) in [5.74, 6) is 0.680. The minimum absolute atomic E-state index is 0.245. The molecule has 28 heavy (non-hydrogen) atoms. The van der Waals surface area contributed by atoms with E-state index in [2.05, 4.69) is 15.0 Å². The summed E-state index contributed by atoms with van der Waals surface area (Å²) in [6.45, 7) is 4.04. The Hall–Kier alpha value is -2.40. The van der Waals surface area contributed by atoms with E-state index in [1.54, 1.807) is 4.57 Å². The largest absolute Gasteiger partial charge is 0.398 e. The Morgan fingerprint density at radius 2 is 1.86 bits per heavy atom. The molecule has 0 spiro atoms. The Morgan fingerprint density at radius 3 is 2.64 bits per heavy atom. The normalized spacial score (nSPS) is 24.9. The van der Waals surface area contributed by atoms with E-state index in [0.29, 0.717) is 22.6 Å². The smallest absolute Gasteiger partial charge is 0.167 e. The molecule has 3 heterocycles. The maximum atomic E-state index is 10.5. The van der Waals surface area contributed by atoms with Gasteiger partial charge < -0.3 is 26.4 Å². The lowest BCUT2D eigenvalue weighted by atomic mass is 10.1. The second-order valence-corrected chi connectivity index (χ2v) is 7.98. The van der Waals surface area contributed by atoms with E-state index in [9.17, 15) is 10.2 Å². The van der Waals surface area contributed by atoms with Crippen molar-refractivity contribution in [3.05, 3.63) is 35.9 Å². The molecule has 148 valence electrons. The van der Waals surface area contributed by atoms with Crippen LogP contribution in [-0.2, 0) is 4.74 Å². The number of aliphatic hydroxyl groups excluding tert-OH is 2. The van der Waals surface area contributed by atoms with Crippen molar-refractivity contribution in [2.45, 2.75) is 43.3 Å². The zero-order chi connectivity index (χ0) is 20.0. The SMILES string of the molecule is Cc1cc(N)c(SC[C@H]2O[C@@H](n3cnc4c(N)ncnc43)[C@H](O)[C@@H]2O)cc1C. The topological polar surface area (TPSA) is 145 Å². The first-order chi connectivity index (χ1) is 13.4. The Balaban J connectivity index is 1.53. The minimum atomic E-state index is -1.13. The molecule has 0 saturated carbocycles. The van der Waals surface area contributed by atoms with Crippen molar-refractivity contribution in [2.24, 2.45) is 0 Å². The summed E-state index contributed by atoms with van der Waals surface area (Å²) in [7, 11) is 0. The van der Waals surface area contributed by atoms with E-state index in [-0.39, 0.29) is 5.82 Å². The lowest BCUT2D eigenvalue weighted by molar-refractivity contribution is -0.0289. The van der Waals surface area contributed by atoms with E-state index in [1.165, 1.54) is 24.4 Å². The molecule has 3 aromatic rings. The first-order valence-corrected chi connectivity index (χ1v) is 9.79. The first kappa shape index (κ1) is 18.9. The van der Waals surface area contributed by atoms with Gasteiger partial charge in [-0.25, -0.2) is 15.0 Å². The molecular formula is C18H22N6O3S. The van der Waals surface area contributed by atoms with Crippen LogP contribution in [0.15, 0.2) is 29.7 Å². The number of benzene rings is 1. The molecule has 1 aromatic carbocycles. The number of aryl methyl sites for hydroxylation is 2. The lowest BCUT2D eigenvalue weighted by Crippen LogP contribution is -2.32. The molecule has 6 N–H and O–H groups in total. The summed E-state index contributed by atoms with van der Waals surface area (Å²) in [5, 5.41) is 21.0. The molecule has 0 aliphatic carbocycles. The highest BCUT2D eigenvalue weighted by molar-refractivity contribution is 7.99.